The van der Waals surface area contributed by atoms with Crippen LogP contribution in [-0.4, -0.2) is 31.3 Å². The first-order valence-electron chi connectivity index (χ1n) is 4.25. The molecule has 0 bridgehead atoms. The number of hydrogen-bond acceptors (Lipinski definition) is 2. The summed E-state index contributed by atoms with van der Waals surface area (Å²) in [6.07, 6.45) is 0. The highest BCUT2D eigenvalue weighted by Gasteiger charge is 2.39. The average molecular weight is 193 g/mol. The van der Waals surface area contributed by atoms with Crippen LogP contribution >= 0.6 is 11.6 Å². The van der Waals surface area contributed by atoms with Crippen molar-refractivity contribution in [1.29, 1.82) is 0 Å². The van der Waals surface area contributed by atoms with Gasteiger partial charge in [0.15, 0.2) is 0 Å². The van der Waals surface area contributed by atoms with Gasteiger partial charge in [0.25, 0.3) is 0 Å². The number of halogens is 1. The normalized spacial score (nSPS) is 22.0. The number of ether oxygens (including phenoxy) is 2. The van der Waals surface area contributed by atoms with Gasteiger partial charge in [-0.3, -0.25) is 0 Å². The van der Waals surface area contributed by atoms with Gasteiger partial charge in [0.2, 0.25) is 0 Å². The van der Waals surface area contributed by atoms with Gasteiger partial charge < -0.3 is 9.47 Å². The first-order chi connectivity index (χ1) is 5.47. The third kappa shape index (κ3) is 2.61. The van der Waals surface area contributed by atoms with Gasteiger partial charge in [-0.05, 0) is 20.8 Å². The van der Waals surface area contributed by atoms with E-state index in [2.05, 4.69) is 20.8 Å². The second-order valence-electron chi connectivity index (χ2n) is 4.53. The van der Waals surface area contributed by atoms with Crippen molar-refractivity contribution >= 4 is 11.6 Å². The summed E-state index contributed by atoms with van der Waals surface area (Å²) in [4.78, 5) is 0. The van der Waals surface area contributed by atoms with Crippen LogP contribution in [0, 0.1) is 5.41 Å². The molecule has 0 aromatic carbocycles. The van der Waals surface area contributed by atoms with Crippen molar-refractivity contribution in [2.45, 2.75) is 26.4 Å². The van der Waals surface area contributed by atoms with Crippen molar-refractivity contribution in [3.05, 3.63) is 0 Å². The Morgan fingerprint density at radius 1 is 1.42 bits per heavy atom. The van der Waals surface area contributed by atoms with Gasteiger partial charge in [-0.2, -0.15) is 0 Å². The lowest BCUT2D eigenvalue weighted by molar-refractivity contribution is -0.158. The average Bonchev–Trinajstić information content (AvgIpc) is 1.84. The summed E-state index contributed by atoms with van der Waals surface area (Å²) in [6, 6.07) is 0. The number of rotatable bonds is 3. The minimum absolute atomic E-state index is 0.0748. The van der Waals surface area contributed by atoms with E-state index in [1.54, 1.807) is 0 Å². The van der Waals surface area contributed by atoms with Crippen LogP contribution in [0.15, 0.2) is 0 Å². The van der Waals surface area contributed by atoms with Crippen molar-refractivity contribution in [2.75, 3.05) is 25.7 Å². The molecule has 0 amide bonds. The summed E-state index contributed by atoms with van der Waals surface area (Å²) in [5.41, 5.74) is 0.0173. The number of alkyl halides is 1. The van der Waals surface area contributed by atoms with Gasteiger partial charge in [-0.1, -0.05) is 0 Å². The van der Waals surface area contributed by atoms with Crippen LogP contribution < -0.4 is 0 Å². The summed E-state index contributed by atoms with van der Waals surface area (Å²) in [5, 5.41) is 0. The Kier molecular flexibility index (Phi) is 3.02. The minimum Gasteiger partial charge on any atom is -0.380 e. The molecule has 0 unspecified atom stereocenters. The molecular weight excluding hydrogens is 176 g/mol. The quantitative estimate of drug-likeness (QED) is 0.638. The fourth-order valence-corrected chi connectivity index (χ4v) is 1.19. The van der Waals surface area contributed by atoms with E-state index < -0.39 is 0 Å². The molecule has 0 aromatic heterocycles. The largest absolute Gasteiger partial charge is 0.380 e. The molecule has 1 saturated heterocycles. The first kappa shape index (κ1) is 10.3. The molecule has 3 heteroatoms. The van der Waals surface area contributed by atoms with E-state index >= 15 is 0 Å². The van der Waals surface area contributed by atoms with Gasteiger partial charge in [0.1, 0.15) is 0 Å². The SMILES string of the molecule is CC(C)(C)OCC1(CCl)COC1. The molecule has 0 atom stereocenters. The number of hydrogen-bond donors (Lipinski definition) is 0. The van der Waals surface area contributed by atoms with E-state index in [1.165, 1.54) is 0 Å². The fourth-order valence-electron chi connectivity index (χ4n) is 0.959. The first-order valence-corrected chi connectivity index (χ1v) is 4.79. The maximum absolute atomic E-state index is 5.83. The van der Waals surface area contributed by atoms with Gasteiger partial charge in [-0.15, -0.1) is 11.6 Å². The highest BCUT2D eigenvalue weighted by molar-refractivity contribution is 6.18. The van der Waals surface area contributed by atoms with E-state index in [9.17, 15) is 0 Å². The molecule has 1 rings (SSSR count). The molecule has 1 fully saturated rings. The van der Waals surface area contributed by atoms with Crippen molar-refractivity contribution in [3.63, 3.8) is 0 Å². The van der Waals surface area contributed by atoms with Crippen molar-refractivity contribution < 1.29 is 9.47 Å². The minimum atomic E-state index is -0.0748. The predicted molar refractivity (Wildman–Crippen MR) is 49.7 cm³/mol. The third-order valence-electron chi connectivity index (χ3n) is 1.91. The molecule has 1 aliphatic rings. The van der Waals surface area contributed by atoms with E-state index in [0.717, 1.165) is 13.2 Å². The lowest BCUT2D eigenvalue weighted by atomic mass is 9.89. The Hall–Kier alpha value is 0.210. The van der Waals surface area contributed by atoms with Gasteiger partial charge in [0, 0.05) is 5.88 Å². The van der Waals surface area contributed by atoms with Crippen LogP contribution in [-0.2, 0) is 9.47 Å². The van der Waals surface area contributed by atoms with Gasteiger partial charge in [-0.25, -0.2) is 0 Å². The summed E-state index contributed by atoms with van der Waals surface area (Å²) < 4.78 is 10.8. The second-order valence-corrected chi connectivity index (χ2v) is 4.79. The monoisotopic (exact) mass is 192 g/mol. The summed E-state index contributed by atoms with van der Waals surface area (Å²) >= 11 is 5.83. The molecule has 0 saturated carbocycles. The molecule has 0 spiro atoms. The zero-order valence-corrected chi connectivity index (χ0v) is 8.78. The molecule has 0 aliphatic carbocycles. The second kappa shape index (κ2) is 3.52. The van der Waals surface area contributed by atoms with Crippen LogP contribution in [0.4, 0.5) is 0 Å². The molecular formula is C9H17ClO2. The molecule has 12 heavy (non-hydrogen) atoms. The Bertz CT molecular complexity index is 142. The van der Waals surface area contributed by atoms with Crippen molar-refractivity contribution in [1.82, 2.24) is 0 Å². The maximum atomic E-state index is 5.83. The summed E-state index contributed by atoms with van der Waals surface area (Å²) in [6.45, 7) is 8.34. The molecule has 1 aliphatic heterocycles. The zero-order chi connectivity index (χ0) is 9.24. The van der Waals surface area contributed by atoms with Crippen LogP contribution in [0.1, 0.15) is 20.8 Å². The highest BCUT2D eigenvalue weighted by Crippen LogP contribution is 2.30. The molecule has 0 radical (unpaired) electrons. The highest BCUT2D eigenvalue weighted by atomic mass is 35.5. The zero-order valence-electron chi connectivity index (χ0n) is 8.02. The van der Waals surface area contributed by atoms with Crippen LogP contribution in [0.5, 0.6) is 0 Å². The summed E-state index contributed by atoms with van der Waals surface area (Å²) in [5.74, 6) is 0.628. The molecule has 0 N–H and O–H groups in total. The Morgan fingerprint density at radius 2 is 2.00 bits per heavy atom. The van der Waals surface area contributed by atoms with Gasteiger partial charge in [0.05, 0.1) is 30.8 Å². The van der Waals surface area contributed by atoms with Gasteiger partial charge >= 0.3 is 0 Å². The maximum Gasteiger partial charge on any atom is 0.0598 e. The van der Waals surface area contributed by atoms with Crippen molar-refractivity contribution in [3.8, 4) is 0 Å². The topological polar surface area (TPSA) is 18.5 Å². The fraction of sp³-hybridized carbons (Fsp3) is 1.00. The van der Waals surface area contributed by atoms with E-state index in [1.807, 2.05) is 0 Å². The molecule has 72 valence electrons. The van der Waals surface area contributed by atoms with E-state index in [4.69, 9.17) is 21.1 Å². The lowest BCUT2D eigenvalue weighted by Gasteiger charge is -2.41. The molecule has 2 nitrogen and oxygen atoms in total. The summed E-state index contributed by atoms with van der Waals surface area (Å²) in [7, 11) is 0. The molecule has 1 heterocycles. The molecule has 0 aromatic rings. The lowest BCUT2D eigenvalue weighted by Crippen LogP contribution is -2.49. The predicted octanol–water partition coefficient (Wildman–Crippen LogP) is 2.06. The standard InChI is InChI=1S/C9H17ClO2/c1-8(2,3)12-7-9(4-10)5-11-6-9/h4-7H2,1-3H3. The van der Waals surface area contributed by atoms with E-state index in [0.29, 0.717) is 12.5 Å². The Morgan fingerprint density at radius 3 is 2.25 bits per heavy atom. The van der Waals surface area contributed by atoms with Crippen molar-refractivity contribution in [2.24, 2.45) is 5.41 Å². The smallest absolute Gasteiger partial charge is 0.0598 e. The van der Waals surface area contributed by atoms with Crippen LogP contribution in [0.2, 0.25) is 0 Å². The van der Waals surface area contributed by atoms with E-state index in [-0.39, 0.29) is 11.0 Å². The Balaban J connectivity index is 2.30. The Labute approximate surface area is 79.2 Å². The van der Waals surface area contributed by atoms with Crippen LogP contribution in [0.25, 0.3) is 0 Å². The third-order valence-corrected chi connectivity index (χ3v) is 2.48. The van der Waals surface area contributed by atoms with Crippen LogP contribution in [0.3, 0.4) is 0 Å².